The highest BCUT2D eigenvalue weighted by Crippen LogP contribution is 2.22. The van der Waals surface area contributed by atoms with Gasteiger partial charge in [0.25, 0.3) is 5.91 Å². The highest BCUT2D eigenvalue weighted by Gasteiger charge is 2.26. The van der Waals surface area contributed by atoms with Crippen molar-refractivity contribution in [1.29, 1.82) is 0 Å². The van der Waals surface area contributed by atoms with Gasteiger partial charge < -0.3 is 10.6 Å². The Morgan fingerprint density at radius 1 is 1.47 bits per heavy atom. The summed E-state index contributed by atoms with van der Waals surface area (Å²) in [7, 11) is 1.86. The number of nitrogens with two attached hydrogens (primary N) is 1. The summed E-state index contributed by atoms with van der Waals surface area (Å²) in [5, 5.41) is 6.80. The van der Waals surface area contributed by atoms with Crippen LogP contribution in [0.1, 0.15) is 41.9 Å². The van der Waals surface area contributed by atoms with E-state index in [9.17, 15) is 4.79 Å². The maximum Gasteiger partial charge on any atom is 0.274 e. The third kappa shape index (κ3) is 2.66. The van der Waals surface area contributed by atoms with Crippen LogP contribution in [0.25, 0.3) is 0 Å². The molecule has 1 saturated carbocycles. The van der Waals surface area contributed by atoms with Crippen molar-refractivity contribution in [2.75, 3.05) is 7.05 Å². The van der Waals surface area contributed by atoms with Gasteiger partial charge >= 0.3 is 0 Å². The molecule has 0 aromatic carbocycles. The molecule has 0 radical (unpaired) electrons. The third-order valence-corrected chi connectivity index (χ3v) is 3.53. The van der Waals surface area contributed by atoms with Gasteiger partial charge in [-0.3, -0.25) is 9.89 Å². The molecule has 5 nitrogen and oxygen atoms in total. The number of amides is 1. The largest absolute Gasteiger partial charge is 0.337 e. The topological polar surface area (TPSA) is 75.0 Å². The second-order valence-corrected chi connectivity index (χ2v) is 4.92. The first-order chi connectivity index (χ1) is 8.08. The van der Waals surface area contributed by atoms with Gasteiger partial charge in [0.2, 0.25) is 0 Å². The number of H-pyrrole nitrogens is 1. The molecule has 1 heterocycles. The molecule has 0 aliphatic heterocycles. The molecule has 17 heavy (non-hydrogen) atoms. The highest BCUT2D eigenvalue weighted by atomic mass is 16.2. The Kier molecular flexibility index (Phi) is 3.47. The standard InChI is InChI=1S/C12H20N4O/c1-8-7-11(15-14-8)12(17)16(2)10-5-3-9(13)4-6-10/h7,9-10H,3-6,13H2,1-2H3,(H,14,15). The van der Waals surface area contributed by atoms with E-state index in [-0.39, 0.29) is 5.91 Å². The molecule has 0 unspecified atom stereocenters. The molecule has 1 fully saturated rings. The zero-order chi connectivity index (χ0) is 12.4. The summed E-state index contributed by atoms with van der Waals surface area (Å²) in [6.07, 6.45) is 3.99. The van der Waals surface area contributed by atoms with Crippen LogP contribution in [0.3, 0.4) is 0 Å². The minimum Gasteiger partial charge on any atom is -0.337 e. The van der Waals surface area contributed by atoms with Crippen LogP contribution in [0, 0.1) is 6.92 Å². The number of aromatic amines is 1. The number of hydrogen-bond acceptors (Lipinski definition) is 3. The summed E-state index contributed by atoms with van der Waals surface area (Å²) < 4.78 is 0. The van der Waals surface area contributed by atoms with Crippen LogP contribution in [0.5, 0.6) is 0 Å². The summed E-state index contributed by atoms with van der Waals surface area (Å²) in [5.41, 5.74) is 7.28. The molecular formula is C12H20N4O. The van der Waals surface area contributed by atoms with E-state index < -0.39 is 0 Å². The smallest absolute Gasteiger partial charge is 0.274 e. The van der Waals surface area contributed by atoms with Crippen LogP contribution < -0.4 is 5.73 Å². The molecule has 5 heteroatoms. The van der Waals surface area contributed by atoms with Crippen LogP contribution in [0.4, 0.5) is 0 Å². The Labute approximate surface area is 101 Å². The molecule has 0 atom stereocenters. The Hall–Kier alpha value is -1.36. The number of carbonyl (C=O) groups excluding carboxylic acids is 1. The monoisotopic (exact) mass is 236 g/mol. The average molecular weight is 236 g/mol. The number of rotatable bonds is 2. The van der Waals surface area contributed by atoms with Crippen LogP contribution in [-0.4, -0.2) is 40.1 Å². The normalized spacial score (nSPS) is 24.6. The van der Waals surface area contributed by atoms with Crippen molar-refractivity contribution in [3.05, 3.63) is 17.5 Å². The van der Waals surface area contributed by atoms with Crippen molar-refractivity contribution in [3.8, 4) is 0 Å². The first-order valence-electron chi connectivity index (χ1n) is 6.12. The SMILES string of the molecule is Cc1cc(C(=O)N(C)C2CCC(N)CC2)n[nH]1. The van der Waals surface area contributed by atoms with Crippen molar-refractivity contribution < 1.29 is 4.79 Å². The third-order valence-electron chi connectivity index (χ3n) is 3.53. The van der Waals surface area contributed by atoms with Crippen LogP contribution >= 0.6 is 0 Å². The van der Waals surface area contributed by atoms with Gasteiger partial charge in [-0.05, 0) is 38.7 Å². The molecule has 0 bridgehead atoms. The lowest BCUT2D eigenvalue weighted by molar-refractivity contribution is 0.0684. The van der Waals surface area contributed by atoms with Crippen LogP contribution in [0.2, 0.25) is 0 Å². The molecular weight excluding hydrogens is 216 g/mol. The fraction of sp³-hybridized carbons (Fsp3) is 0.667. The fourth-order valence-electron chi connectivity index (χ4n) is 2.36. The van der Waals surface area contributed by atoms with E-state index >= 15 is 0 Å². The maximum atomic E-state index is 12.2. The first-order valence-corrected chi connectivity index (χ1v) is 6.12. The van der Waals surface area contributed by atoms with Gasteiger partial charge in [0, 0.05) is 24.8 Å². The van der Waals surface area contributed by atoms with E-state index in [4.69, 9.17) is 5.73 Å². The van der Waals surface area contributed by atoms with Gasteiger partial charge in [-0.15, -0.1) is 0 Å². The van der Waals surface area contributed by atoms with Gasteiger partial charge in [0.1, 0.15) is 5.69 Å². The number of nitrogens with zero attached hydrogens (tertiary/aromatic N) is 2. The molecule has 1 aromatic rings. The van der Waals surface area contributed by atoms with E-state index in [1.54, 1.807) is 6.07 Å². The second kappa shape index (κ2) is 4.87. The molecule has 1 aromatic heterocycles. The van der Waals surface area contributed by atoms with Crippen molar-refractivity contribution in [3.63, 3.8) is 0 Å². The Morgan fingerprint density at radius 3 is 2.65 bits per heavy atom. The lowest BCUT2D eigenvalue weighted by atomic mass is 9.91. The molecule has 0 spiro atoms. The van der Waals surface area contributed by atoms with Gasteiger partial charge in [0.05, 0.1) is 0 Å². The summed E-state index contributed by atoms with van der Waals surface area (Å²) in [6, 6.07) is 2.40. The molecule has 1 aliphatic carbocycles. The molecule has 94 valence electrons. The fourth-order valence-corrected chi connectivity index (χ4v) is 2.36. The number of aromatic nitrogens is 2. The zero-order valence-corrected chi connectivity index (χ0v) is 10.4. The molecule has 0 saturated heterocycles. The molecule has 3 N–H and O–H groups in total. The Morgan fingerprint density at radius 2 is 2.12 bits per heavy atom. The highest BCUT2D eigenvalue weighted by molar-refractivity contribution is 5.92. The van der Waals surface area contributed by atoms with E-state index in [2.05, 4.69) is 10.2 Å². The second-order valence-electron chi connectivity index (χ2n) is 4.92. The predicted octanol–water partition coefficient (Wildman–Crippen LogP) is 1.06. The molecule has 1 aliphatic rings. The van der Waals surface area contributed by atoms with Gasteiger partial charge in [-0.2, -0.15) is 5.10 Å². The van der Waals surface area contributed by atoms with Crippen molar-refractivity contribution >= 4 is 5.91 Å². The lowest BCUT2D eigenvalue weighted by Crippen LogP contribution is -2.42. The van der Waals surface area contributed by atoms with Crippen LogP contribution in [0.15, 0.2) is 6.07 Å². The van der Waals surface area contributed by atoms with Gasteiger partial charge in [0.15, 0.2) is 0 Å². The van der Waals surface area contributed by atoms with Gasteiger partial charge in [-0.1, -0.05) is 0 Å². The van der Waals surface area contributed by atoms with E-state index in [1.165, 1.54) is 0 Å². The van der Waals surface area contributed by atoms with E-state index in [0.29, 0.717) is 17.8 Å². The minimum atomic E-state index is -0.00479. The quantitative estimate of drug-likeness (QED) is 0.806. The number of hydrogen-bond donors (Lipinski definition) is 2. The zero-order valence-electron chi connectivity index (χ0n) is 10.4. The van der Waals surface area contributed by atoms with Crippen molar-refractivity contribution in [1.82, 2.24) is 15.1 Å². The summed E-state index contributed by atoms with van der Waals surface area (Å²) in [4.78, 5) is 14.0. The molecule has 1 amide bonds. The lowest BCUT2D eigenvalue weighted by Gasteiger charge is -2.33. The number of aryl methyl sites for hydroxylation is 1. The van der Waals surface area contributed by atoms with Gasteiger partial charge in [-0.25, -0.2) is 0 Å². The minimum absolute atomic E-state index is 0.00479. The predicted molar refractivity (Wildman–Crippen MR) is 65.6 cm³/mol. The van der Waals surface area contributed by atoms with Crippen molar-refractivity contribution in [2.24, 2.45) is 5.73 Å². The van der Waals surface area contributed by atoms with E-state index in [1.807, 2.05) is 18.9 Å². The number of nitrogens with one attached hydrogen (secondary N) is 1. The summed E-state index contributed by atoms with van der Waals surface area (Å²) in [6.45, 7) is 1.89. The van der Waals surface area contributed by atoms with Crippen LogP contribution in [-0.2, 0) is 0 Å². The molecule has 2 rings (SSSR count). The first kappa shape index (κ1) is 12.1. The maximum absolute atomic E-state index is 12.2. The Balaban J connectivity index is 2.00. The number of carbonyl (C=O) groups is 1. The summed E-state index contributed by atoms with van der Waals surface area (Å²) in [5.74, 6) is -0.00479. The van der Waals surface area contributed by atoms with E-state index in [0.717, 1.165) is 31.4 Å². The summed E-state index contributed by atoms with van der Waals surface area (Å²) >= 11 is 0. The Bertz CT molecular complexity index is 393. The van der Waals surface area contributed by atoms with Crippen molar-refractivity contribution in [2.45, 2.75) is 44.7 Å². The average Bonchev–Trinajstić information content (AvgIpc) is 2.75.